The zero-order valence-corrected chi connectivity index (χ0v) is 21.6. The first-order valence-electron chi connectivity index (χ1n) is 10.2. The molecule has 3 aromatic carbocycles. The van der Waals surface area contributed by atoms with E-state index in [0.29, 0.717) is 43.3 Å². The Labute approximate surface area is 213 Å². The summed E-state index contributed by atoms with van der Waals surface area (Å²) in [6, 6.07) is 18.9. The van der Waals surface area contributed by atoms with Gasteiger partial charge in [-0.2, -0.15) is 5.10 Å². The molecule has 1 N–H and O–H groups in total. The molecule has 0 saturated heterocycles. The number of benzene rings is 3. The monoisotopic (exact) mass is 534 g/mol. The van der Waals surface area contributed by atoms with E-state index in [1.54, 1.807) is 73.1 Å². The van der Waals surface area contributed by atoms with E-state index in [-0.39, 0.29) is 4.90 Å². The van der Waals surface area contributed by atoms with Crippen molar-refractivity contribution in [2.75, 3.05) is 6.26 Å². The molecule has 0 unspecified atom stereocenters. The van der Waals surface area contributed by atoms with Gasteiger partial charge in [-0.1, -0.05) is 59.1 Å². The van der Waals surface area contributed by atoms with Crippen LogP contribution < -0.4 is 0 Å². The van der Waals surface area contributed by atoms with Crippen LogP contribution in [0.2, 0.25) is 15.1 Å². The van der Waals surface area contributed by atoms with Crippen LogP contribution in [0.1, 0.15) is 19.5 Å². The van der Waals surface area contributed by atoms with E-state index in [1.165, 1.54) is 6.26 Å². The third-order valence-corrected chi connectivity index (χ3v) is 7.37. The van der Waals surface area contributed by atoms with Gasteiger partial charge in [-0.15, -0.1) is 0 Å². The van der Waals surface area contributed by atoms with Crippen molar-refractivity contribution in [3.05, 3.63) is 87.5 Å². The maximum atomic E-state index is 12.0. The van der Waals surface area contributed by atoms with E-state index in [0.717, 1.165) is 5.56 Å². The summed E-state index contributed by atoms with van der Waals surface area (Å²) >= 11 is 19.6. The molecule has 9 heteroatoms. The number of hydrogen-bond acceptors (Lipinski definition) is 4. The Balaban J connectivity index is 1.88. The molecule has 0 saturated carbocycles. The predicted molar refractivity (Wildman–Crippen MR) is 138 cm³/mol. The molecular weight excluding hydrogens is 515 g/mol. The summed E-state index contributed by atoms with van der Waals surface area (Å²) in [5, 5.41) is 16.4. The van der Waals surface area contributed by atoms with Gasteiger partial charge in [0.05, 0.1) is 37.0 Å². The molecule has 5 nitrogen and oxygen atoms in total. The maximum Gasteiger partial charge on any atom is 0.175 e. The zero-order valence-electron chi connectivity index (χ0n) is 18.6. The lowest BCUT2D eigenvalue weighted by Crippen LogP contribution is -2.16. The number of halogens is 3. The van der Waals surface area contributed by atoms with Gasteiger partial charge in [-0.25, -0.2) is 13.1 Å². The molecule has 0 aliphatic heterocycles. The predicted octanol–water partition coefficient (Wildman–Crippen LogP) is 6.80. The van der Waals surface area contributed by atoms with Crippen LogP contribution in [0, 0.1) is 0 Å². The molecule has 0 radical (unpaired) electrons. The summed E-state index contributed by atoms with van der Waals surface area (Å²) in [6.07, 6.45) is 1.17. The van der Waals surface area contributed by atoms with Gasteiger partial charge < -0.3 is 5.11 Å². The zero-order chi connectivity index (χ0) is 24.8. The average molecular weight is 536 g/mol. The lowest BCUT2D eigenvalue weighted by atomic mass is 10.0. The van der Waals surface area contributed by atoms with Crippen LogP contribution in [0.5, 0.6) is 0 Å². The van der Waals surface area contributed by atoms with Gasteiger partial charge in [0.25, 0.3) is 0 Å². The Morgan fingerprint density at radius 2 is 1.47 bits per heavy atom. The highest BCUT2D eigenvalue weighted by Crippen LogP contribution is 2.39. The van der Waals surface area contributed by atoms with Crippen LogP contribution >= 0.6 is 34.8 Å². The van der Waals surface area contributed by atoms with Crippen molar-refractivity contribution in [2.24, 2.45) is 0 Å². The molecule has 1 aromatic heterocycles. The van der Waals surface area contributed by atoms with Gasteiger partial charge in [0.1, 0.15) is 5.60 Å². The van der Waals surface area contributed by atoms with Gasteiger partial charge in [-0.05, 0) is 67.4 Å². The first-order chi connectivity index (χ1) is 15.9. The third kappa shape index (κ3) is 4.88. The molecule has 176 valence electrons. The van der Waals surface area contributed by atoms with Gasteiger partial charge in [-0.3, -0.25) is 0 Å². The van der Waals surface area contributed by atoms with Crippen LogP contribution in [0.25, 0.3) is 28.1 Å². The van der Waals surface area contributed by atoms with Crippen molar-refractivity contribution in [3.8, 4) is 28.1 Å². The Kier molecular flexibility index (Phi) is 6.57. The minimum Gasteiger partial charge on any atom is -0.384 e. The summed E-state index contributed by atoms with van der Waals surface area (Å²) in [6.45, 7) is 3.27. The molecule has 0 aliphatic carbocycles. The molecule has 34 heavy (non-hydrogen) atoms. The molecule has 0 bridgehead atoms. The first kappa shape index (κ1) is 24.8. The molecule has 4 aromatic rings. The molecule has 0 atom stereocenters. The molecule has 0 fully saturated rings. The Morgan fingerprint density at radius 1 is 0.853 bits per heavy atom. The van der Waals surface area contributed by atoms with E-state index >= 15 is 0 Å². The van der Waals surface area contributed by atoms with Gasteiger partial charge in [0.2, 0.25) is 0 Å². The number of aliphatic hydroxyl groups is 1. The molecule has 1 heterocycles. The molecule has 0 spiro atoms. The number of hydrogen-bond donors (Lipinski definition) is 1. The SMILES string of the molecule is CC(C)(O)c1cc(-c2c(Cl)cccc2Cl)n(-c2ccc(-c3cccc(S(C)(=O)=O)c3)cc2Cl)n1. The Bertz CT molecular complexity index is 1490. The Hall–Kier alpha value is -2.35. The minimum absolute atomic E-state index is 0.225. The number of nitrogens with zero attached hydrogens (tertiary/aromatic N) is 2. The smallest absolute Gasteiger partial charge is 0.175 e. The summed E-state index contributed by atoms with van der Waals surface area (Å²) in [5.74, 6) is 0. The Morgan fingerprint density at radius 3 is 2.06 bits per heavy atom. The molecule has 4 rings (SSSR count). The van der Waals surface area contributed by atoms with Crippen LogP contribution in [0.3, 0.4) is 0 Å². The lowest BCUT2D eigenvalue weighted by molar-refractivity contribution is 0.0734. The van der Waals surface area contributed by atoms with Crippen molar-refractivity contribution < 1.29 is 13.5 Å². The van der Waals surface area contributed by atoms with E-state index in [2.05, 4.69) is 5.10 Å². The number of sulfone groups is 1. The van der Waals surface area contributed by atoms with E-state index in [9.17, 15) is 13.5 Å². The van der Waals surface area contributed by atoms with Crippen molar-refractivity contribution >= 4 is 44.6 Å². The van der Waals surface area contributed by atoms with E-state index < -0.39 is 15.4 Å². The molecule has 0 amide bonds. The fraction of sp³-hybridized carbons (Fsp3) is 0.160. The number of rotatable bonds is 5. The fourth-order valence-corrected chi connectivity index (χ4v) is 5.07. The normalized spacial score (nSPS) is 12.2. The minimum atomic E-state index is -3.35. The van der Waals surface area contributed by atoms with Crippen molar-refractivity contribution in [2.45, 2.75) is 24.3 Å². The average Bonchev–Trinajstić information content (AvgIpc) is 3.18. The second kappa shape index (κ2) is 9.02. The van der Waals surface area contributed by atoms with Crippen molar-refractivity contribution in [1.82, 2.24) is 9.78 Å². The highest BCUT2D eigenvalue weighted by atomic mass is 35.5. The second-order valence-electron chi connectivity index (χ2n) is 8.45. The summed E-state index contributed by atoms with van der Waals surface area (Å²) in [4.78, 5) is 0.225. The molecular formula is C25H21Cl3N2O3S. The lowest BCUT2D eigenvalue weighted by Gasteiger charge is -2.14. The number of aromatic nitrogens is 2. The van der Waals surface area contributed by atoms with Crippen LogP contribution in [0.15, 0.2) is 71.6 Å². The van der Waals surface area contributed by atoms with Gasteiger partial charge >= 0.3 is 0 Å². The van der Waals surface area contributed by atoms with Crippen LogP contribution in [0.4, 0.5) is 0 Å². The topological polar surface area (TPSA) is 72.2 Å². The van der Waals surface area contributed by atoms with Crippen molar-refractivity contribution in [1.29, 1.82) is 0 Å². The van der Waals surface area contributed by atoms with E-state index in [4.69, 9.17) is 34.8 Å². The summed E-state index contributed by atoms with van der Waals surface area (Å²) in [5.41, 5.74) is 2.34. The maximum absolute atomic E-state index is 12.0. The van der Waals surface area contributed by atoms with Crippen LogP contribution in [-0.4, -0.2) is 29.6 Å². The molecule has 0 aliphatic rings. The third-order valence-electron chi connectivity index (χ3n) is 5.33. The second-order valence-corrected chi connectivity index (χ2v) is 11.7. The standard InChI is InChI=1S/C25H21Cl3N2O3S/c1-25(2,31)23-14-22(24-18(26)8-5-9-19(24)27)30(29-23)21-11-10-16(13-20(21)28)15-6-4-7-17(12-15)34(3,32)33/h4-14,31H,1-3H3. The summed E-state index contributed by atoms with van der Waals surface area (Å²) < 4.78 is 25.5. The highest BCUT2D eigenvalue weighted by molar-refractivity contribution is 7.90. The van der Waals surface area contributed by atoms with Crippen molar-refractivity contribution in [3.63, 3.8) is 0 Å². The fourth-order valence-electron chi connectivity index (χ4n) is 3.55. The van der Waals surface area contributed by atoms with Gasteiger partial charge in [0.15, 0.2) is 9.84 Å². The largest absolute Gasteiger partial charge is 0.384 e. The highest BCUT2D eigenvalue weighted by Gasteiger charge is 2.25. The van der Waals surface area contributed by atoms with Crippen LogP contribution in [-0.2, 0) is 15.4 Å². The van der Waals surface area contributed by atoms with Gasteiger partial charge in [0, 0.05) is 11.8 Å². The first-order valence-corrected chi connectivity index (χ1v) is 13.3. The summed E-state index contributed by atoms with van der Waals surface area (Å²) in [7, 11) is -3.35. The van der Waals surface area contributed by atoms with E-state index in [1.807, 2.05) is 12.1 Å². The quantitative estimate of drug-likeness (QED) is 0.305.